The summed E-state index contributed by atoms with van der Waals surface area (Å²) in [5.74, 6) is 0.143. The van der Waals surface area contributed by atoms with Gasteiger partial charge in [0.2, 0.25) is 5.91 Å². The van der Waals surface area contributed by atoms with E-state index in [0.29, 0.717) is 19.8 Å². The van der Waals surface area contributed by atoms with Crippen molar-refractivity contribution in [2.45, 2.75) is 24.9 Å². The van der Waals surface area contributed by atoms with Crippen LogP contribution in [0, 0.1) is 5.92 Å². The van der Waals surface area contributed by atoms with E-state index in [1.54, 1.807) is 0 Å². The summed E-state index contributed by atoms with van der Waals surface area (Å²) in [6.07, 6.45) is 2.65. The number of hydrogen-bond acceptors (Lipinski definition) is 4. The van der Waals surface area contributed by atoms with E-state index in [0.717, 1.165) is 45.5 Å². The number of carbonyl (C=O) groups excluding carboxylic acids is 1. The molecule has 1 aromatic heterocycles. The highest BCUT2D eigenvalue weighted by atomic mass is 16.5. The second kappa shape index (κ2) is 6.93. The smallest absolute Gasteiger partial charge is 0.229 e. The normalized spacial score (nSPS) is 25.3. The van der Waals surface area contributed by atoms with Gasteiger partial charge in [0, 0.05) is 37.1 Å². The molecule has 1 spiro atoms. The molecule has 2 N–H and O–H groups in total. The zero-order chi connectivity index (χ0) is 18.3. The van der Waals surface area contributed by atoms with E-state index < -0.39 is 0 Å². The summed E-state index contributed by atoms with van der Waals surface area (Å²) in [5, 5.41) is 4.62. The Morgan fingerprint density at radius 3 is 2.93 bits per heavy atom. The fourth-order valence-corrected chi connectivity index (χ4v) is 4.87. The molecular weight excluding hydrogens is 342 g/mol. The maximum absolute atomic E-state index is 12.9. The van der Waals surface area contributed by atoms with E-state index in [9.17, 15) is 4.79 Å². The number of aromatic amines is 1. The van der Waals surface area contributed by atoms with Crippen LogP contribution in [0.3, 0.4) is 0 Å². The van der Waals surface area contributed by atoms with Crippen LogP contribution in [-0.4, -0.2) is 61.8 Å². The summed E-state index contributed by atoms with van der Waals surface area (Å²) >= 11 is 0. The van der Waals surface area contributed by atoms with Crippen LogP contribution >= 0.6 is 0 Å². The number of aromatic nitrogens is 1. The number of fused-ring (bicyclic) bond motifs is 4. The monoisotopic (exact) mass is 369 g/mol. The average Bonchev–Trinajstić information content (AvgIpc) is 2.89. The van der Waals surface area contributed by atoms with E-state index in [1.165, 1.54) is 22.2 Å². The SMILES string of the molecule is O=C(C1CNCCOC1)N1CCC2(CC1)OCCc1c2[nH]c2ccccc12. The molecule has 0 aliphatic carbocycles. The first-order valence-corrected chi connectivity index (χ1v) is 10.1. The molecule has 1 aromatic carbocycles. The summed E-state index contributed by atoms with van der Waals surface area (Å²) in [7, 11) is 0. The molecule has 6 heteroatoms. The first kappa shape index (κ1) is 17.2. The lowest BCUT2D eigenvalue weighted by Crippen LogP contribution is -2.51. The largest absolute Gasteiger partial charge is 0.379 e. The minimum absolute atomic E-state index is 0.0718. The van der Waals surface area contributed by atoms with Gasteiger partial charge >= 0.3 is 0 Å². The number of piperidine rings is 1. The van der Waals surface area contributed by atoms with Crippen LogP contribution in [0.5, 0.6) is 0 Å². The third-order valence-electron chi connectivity index (χ3n) is 6.36. The lowest BCUT2D eigenvalue weighted by molar-refractivity contribution is -0.146. The van der Waals surface area contributed by atoms with Gasteiger partial charge in [0.25, 0.3) is 0 Å². The van der Waals surface area contributed by atoms with Crippen molar-refractivity contribution in [1.82, 2.24) is 15.2 Å². The van der Waals surface area contributed by atoms with Gasteiger partial charge in [0.05, 0.1) is 31.4 Å². The van der Waals surface area contributed by atoms with Gasteiger partial charge in [-0.15, -0.1) is 0 Å². The van der Waals surface area contributed by atoms with Gasteiger partial charge in [-0.2, -0.15) is 0 Å². The van der Waals surface area contributed by atoms with Gasteiger partial charge in [-0.05, 0) is 30.9 Å². The van der Waals surface area contributed by atoms with E-state index >= 15 is 0 Å². The Labute approximate surface area is 159 Å². The Kier molecular flexibility index (Phi) is 4.42. The Morgan fingerprint density at radius 1 is 1.19 bits per heavy atom. The van der Waals surface area contributed by atoms with Crippen molar-refractivity contribution in [3.8, 4) is 0 Å². The molecule has 0 bridgehead atoms. The molecule has 3 aliphatic heterocycles. The second-order valence-electron chi connectivity index (χ2n) is 7.92. The Morgan fingerprint density at radius 2 is 2.04 bits per heavy atom. The highest BCUT2D eigenvalue weighted by Gasteiger charge is 2.44. The zero-order valence-electron chi connectivity index (χ0n) is 15.6. The number of H-pyrrole nitrogens is 1. The maximum atomic E-state index is 12.9. The molecule has 2 fully saturated rings. The predicted octanol–water partition coefficient (Wildman–Crippen LogP) is 1.79. The molecule has 0 saturated carbocycles. The fourth-order valence-electron chi connectivity index (χ4n) is 4.87. The van der Waals surface area contributed by atoms with Crippen LogP contribution in [0.1, 0.15) is 24.1 Å². The van der Waals surface area contributed by atoms with Crippen molar-refractivity contribution in [2.24, 2.45) is 5.92 Å². The number of nitrogens with one attached hydrogen (secondary N) is 2. The van der Waals surface area contributed by atoms with Crippen LogP contribution in [0.4, 0.5) is 0 Å². The predicted molar refractivity (Wildman–Crippen MR) is 103 cm³/mol. The summed E-state index contributed by atoms with van der Waals surface area (Å²) in [5.41, 5.74) is 3.55. The summed E-state index contributed by atoms with van der Waals surface area (Å²) in [6.45, 7) is 4.98. The van der Waals surface area contributed by atoms with Crippen molar-refractivity contribution in [3.05, 3.63) is 35.5 Å². The first-order chi connectivity index (χ1) is 13.3. The topological polar surface area (TPSA) is 66.6 Å². The maximum Gasteiger partial charge on any atom is 0.229 e. The van der Waals surface area contributed by atoms with Gasteiger partial charge in [0.15, 0.2) is 0 Å². The molecule has 5 rings (SSSR count). The van der Waals surface area contributed by atoms with Crippen molar-refractivity contribution in [3.63, 3.8) is 0 Å². The number of nitrogens with zero attached hydrogens (tertiary/aromatic N) is 1. The first-order valence-electron chi connectivity index (χ1n) is 10.1. The number of para-hydroxylation sites is 1. The van der Waals surface area contributed by atoms with Crippen LogP contribution in [0.15, 0.2) is 24.3 Å². The van der Waals surface area contributed by atoms with Gasteiger partial charge in [-0.25, -0.2) is 0 Å². The van der Waals surface area contributed by atoms with E-state index in [4.69, 9.17) is 9.47 Å². The number of rotatable bonds is 1. The molecule has 3 aliphatic rings. The van der Waals surface area contributed by atoms with Crippen LogP contribution in [0.2, 0.25) is 0 Å². The summed E-state index contributed by atoms with van der Waals surface area (Å²) in [6, 6.07) is 8.51. The molecule has 27 heavy (non-hydrogen) atoms. The van der Waals surface area contributed by atoms with Gasteiger partial charge < -0.3 is 24.7 Å². The number of carbonyl (C=O) groups is 1. The van der Waals surface area contributed by atoms with Crippen LogP contribution < -0.4 is 5.32 Å². The minimum Gasteiger partial charge on any atom is -0.379 e. The number of likely N-dealkylation sites (tertiary alicyclic amines) is 1. The highest BCUT2D eigenvalue weighted by molar-refractivity contribution is 5.85. The lowest BCUT2D eigenvalue weighted by atomic mass is 9.83. The van der Waals surface area contributed by atoms with Crippen molar-refractivity contribution < 1.29 is 14.3 Å². The summed E-state index contributed by atoms with van der Waals surface area (Å²) < 4.78 is 11.9. The molecule has 4 heterocycles. The quantitative estimate of drug-likeness (QED) is 0.804. The Bertz CT molecular complexity index is 830. The van der Waals surface area contributed by atoms with Gasteiger partial charge in [-0.3, -0.25) is 4.79 Å². The Balaban J connectivity index is 1.35. The Hall–Kier alpha value is -1.89. The summed E-state index contributed by atoms with van der Waals surface area (Å²) in [4.78, 5) is 18.6. The van der Waals surface area contributed by atoms with Crippen LogP contribution in [-0.2, 0) is 26.3 Å². The number of ether oxygens (including phenoxy) is 2. The lowest BCUT2D eigenvalue weighted by Gasteiger charge is -2.44. The van der Waals surface area contributed by atoms with E-state index in [1.807, 2.05) is 4.90 Å². The molecule has 144 valence electrons. The number of hydrogen-bond donors (Lipinski definition) is 2. The third kappa shape index (κ3) is 2.96. The second-order valence-corrected chi connectivity index (χ2v) is 7.92. The van der Waals surface area contributed by atoms with Crippen LogP contribution in [0.25, 0.3) is 10.9 Å². The third-order valence-corrected chi connectivity index (χ3v) is 6.36. The molecule has 0 radical (unpaired) electrons. The average molecular weight is 369 g/mol. The minimum atomic E-state index is -0.276. The van der Waals surface area contributed by atoms with Crippen molar-refractivity contribution in [1.29, 1.82) is 0 Å². The van der Waals surface area contributed by atoms with Gasteiger partial charge in [-0.1, -0.05) is 18.2 Å². The van der Waals surface area contributed by atoms with Crippen molar-refractivity contribution in [2.75, 3.05) is 46.0 Å². The molecule has 6 nitrogen and oxygen atoms in total. The molecular formula is C21H27N3O3. The van der Waals surface area contributed by atoms with Crippen molar-refractivity contribution >= 4 is 16.8 Å². The van der Waals surface area contributed by atoms with E-state index in [2.05, 4.69) is 34.6 Å². The molecule has 2 saturated heterocycles. The zero-order valence-corrected chi connectivity index (χ0v) is 15.6. The molecule has 1 amide bonds. The molecule has 1 unspecified atom stereocenters. The van der Waals surface area contributed by atoms with E-state index in [-0.39, 0.29) is 17.4 Å². The standard InChI is InChI=1S/C21H27N3O3/c25-20(15-13-22-8-12-26-14-15)24-9-6-21(7-10-24)19-17(5-11-27-21)16-3-1-2-4-18(16)23-19/h1-4,15,22-23H,5-14H2. The highest BCUT2D eigenvalue weighted by Crippen LogP contribution is 2.43. The fraction of sp³-hybridized carbons (Fsp3) is 0.571. The molecule has 2 aromatic rings. The number of benzene rings is 1. The number of amides is 1. The molecule has 1 atom stereocenters. The van der Waals surface area contributed by atoms with Gasteiger partial charge in [0.1, 0.15) is 5.60 Å².